The van der Waals surface area contributed by atoms with Crippen LogP contribution in [0.15, 0.2) is 36.4 Å². The minimum Gasteiger partial charge on any atom is -0.477 e. The van der Waals surface area contributed by atoms with Gasteiger partial charge in [0.05, 0.1) is 22.9 Å². The molecule has 3 aromatic rings. The molecule has 5 heterocycles. The number of carbonyl (C=O) groups excluding carboxylic acids is 2. The lowest BCUT2D eigenvalue weighted by molar-refractivity contribution is -0.163. The average Bonchev–Trinajstić information content (AvgIpc) is 3.38. The van der Waals surface area contributed by atoms with E-state index in [9.17, 15) is 24.6 Å². The van der Waals surface area contributed by atoms with E-state index in [4.69, 9.17) is 11.6 Å². The van der Waals surface area contributed by atoms with E-state index >= 15 is 0 Å². The Morgan fingerprint density at radius 3 is 2.72 bits per heavy atom. The number of halogens is 1. The van der Waals surface area contributed by atoms with Gasteiger partial charge in [0.25, 0.3) is 0 Å². The van der Waals surface area contributed by atoms with Gasteiger partial charge in [0, 0.05) is 35.6 Å². The van der Waals surface area contributed by atoms with Crippen molar-refractivity contribution in [1.29, 1.82) is 0 Å². The lowest BCUT2D eigenvalue weighted by atomic mass is 9.77. The Bertz CT molecular complexity index is 1330. The highest BCUT2D eigenvalue weighted by Gasteiger charge is 2.60. The molecule has 1 saturated heterocycles. The first kappa shape index (κ1) is 20.8. The Kier molecular flexibility index (Phi) is 4.70. The zero-order valence-electron chi connectivity index (χ0n) is 16.9. The molecule has 5 rings (SSSR count). The van der Waals surface area contributed by atoms with Crippen LogP contribution >= 0.6 is 22.9 Å². The number of nitrogens with zero attached hydrogens (tertiary/aromatic N) is 4. The molecule has 0 bridgehead atoms. The molecule has 0 spiro atoms. The quantitative estimate of drug-likeness (QED) is 0.431. The van der Waals surface area contributed by atoms with Crippen LogP contribution in [0.2, 0.25) is 5.28 Å². The molecule has 0 aromatic carbocycles. The number of aromatic nitrogens is 3. The average molecular weight is 473 g/mol. The van der Waals surface area contributed by atoms with Gasteiger partial charge in [-0.1, -0.05) is 6.92 Å². The van der Waals surface area contributed by atoms with E-state index in [1.165, 1.54) is 33.8 Å². The Balaban J connectivity index is 1.63. The second-order valence-corrected chi connectivity index (χ2v) is 9.26. The Morgan fingerprint density at radius 1 is 1.34 bits per heavy atom. The van der Waals surface area contributed by atoms with E-state index in [-0.39, 0.29) is 28.4 Å². The molecule has 0 saturated carbocycles. The number of aliphatic hydroxyl groups excluding tert-OH is 1. The molecule has 3 aromatic heterocycles. The van der Waals surface area contributed by atoms with Crippen LogP contribution in [0.25, 0.3) is 10.4 Å². The van der Waals surface area contributed by atoms with E-state index in [2.05, 4.69) is 9.97 Å². The van der Waals surface area contributed by atoms with Gasteiger partial charge in [-0.3, -0.25) is 19.0 Å². The zero-order valence-corrected chi connectivity index (χ0v) is 18.5. The maximum Gasteiger partial charge on any atom is 0.352 e. The molecule has 32 heavy (non-hydrogen) atoms. The fourth-order valence-electron chi connectivity index (χ4n) is 4.65. The van der Waals surface area contributed by atoms with Gasteiger partial charge in [-0.15, -0.1) is 11.3 Å². The lowest BCUT2D eigenvalue weighted by Gasteiger charge is -2.46. The first-order valence-electron chi connectivity index (χ1n) is 9.83. The molecule has 0 radical (unpaired) electrons. The Morgan fingerprint density at radius 2 is 2.09 bits per heavy atom. The molecule has 0 aliphatic carbocycles. The van der Waals surface area contributed by atoms with Crippen molar-refractivity contribution >= 4 is 51.0 Å². The number of aliphatic hydroxyl groups is 1. The van der Waals surface area contributed by atoms with E-state index < -0.39 is 29.9 Å². The lowest BCUT2D eigenvalue weighted by Crippen LogP contribution is -2.63. The van der Waals surface area contributed by atoms with Gasteiger partial charge in [0.1, 0.15) is 16.2 Å². The van der Waals surface area contributed by atoms with Crippen molar-refractivity contribution < 1.29 is 24.6 Å². The molecule has 2 N–H and O–H groups in total. The largest absolute Gasteiger partial charge is 0.477 e. The number of β-lactam (4-membered cyclic amide) rings is 1. The number of aliphatic carboxylic acids is 1. The first-order chi connectivity index (χ1) is 15.2. The summed E-state index contributed by atoms with van der Waals surface area (Å²) in [5, 5.41) is 20.0. The highest BCUT2D eigenvalue weighted by atomic mass is 35.5. The van der Waals surface area contributed by atoms with Crippen LogP contribution in [0.5, 0.6) is 0 Å². The van der Waals surface area contributed by atoms with E-state index in [1.807, 2.05) is 6.92 Å². The number of rotatable bonds is 5. The van der Waals surface area contributed by atoms with Gasteiger partial charge < -0.3 is 15.1 Å². The number of thiazole rings is 1. The van der Waals surface area contributed by atoms with Gasteiger partial charge >= 0.3 is 5.97 Å². The summed E-state index contributed by atoms with van der Waals surface area (Å²) in [6.07, 6.45) is 3.75. The summed E-state index contributed by atoms with van der Waals surface area (Å²) in [6.45, 7) is 3.36. The number of carboxylic acids is 1. The van der Waals surface area contributed by atoms with Crippen LogP contribution in [-0.2, 0) is 9.59 Å². The van der Waals surface area contributed by atoms with Crippen LogP contribution in [0.4, 0.5) is 0 Å². The number of carbonyl (C=O) groups is 3. The van der Waals surface area contributed by atoms with Crippen LogP contribution in [0.3, 0.4) is 0 Å². The van der Waals surface area contributed by atoms with Crippen LogP contribution in [0.1, 0.15) is 34.8 Å². The molecule has 4 atom stereocenters. The minimum atomic E-state index is -1.22. The third kappa shape index (κ3) is 2.76. The third-order valence-electron chi connectivity index (χ3n) is 6.06. The molecular formula is C21H17ClN4O5S. The molecule has 1 fully saturated rings. The normalized spacial score (nSPS) is 23.4. The molecule has 164 valence electrons. The van der Waals surface area contributed by atoms with Crippen molar-refractivity contribution in [2.75, 3.05) is 0 Å². The Hall–Kier alpha value is -3.08. The smallest absolute Gasteiger partial charge is 0.352 e. The molecule has 11 heteroatoms. The molecule has 9 nitrogen and oxygen atoms in total. The highest BCUT2D eigenvalue weighted by Crippen LogP contribution is 2.51. The summed E-state index contributed by atoms with van der Waals surface area (Å²) in [5.41, 5.74) is 0.874. The van der Waals surface area contributed by atoms with Gasteiger partial charge in [-0.05, 0) is 30.7 Å². The van der Waals surface area contributed by atoms with E-state index in [0.717, 1.165) is 0 Å². The van der Waals surface area contributed by atoms with Crippen molar-refractivity contribution in [3.05, 3.63) is 57.8 Å². The van der Waals surface area contributed by atoms with Gasteiger partial charge in [-0.25, -0.2) is 9.78 Å². The monoisotopic (exact) mass is 472 g/mol. The molecule has 2 aliphatic heterocycles. The third-order valence-corrected chi connectivity index (χ3v) is 7.45. The fourth-order valence-corrected chi connectivity index (χ4v) is 6.15. The highest BCUT2D eigenvalue weighted by molar-refractivity contribution is 7.18. The number of fused-ring (bicyclic) bond motifs is 2. The first-order valence-corrected chi connectivity index (χ1v) is 11.0. The number of hydrogen-bond donors (Lipinski definition) is 2. The molecular weight excluding hydrogens is 456 g/mol. The van der Waals surface area contributed by atoms with Gasteiger partial charge in [0.15, 0.2) is 0 Å². The maximum absolute atomic E-state index is 13.0. The van der Waals surface area contributed by atoms with Crippen LogP contribution in [0, 0.1) is 11.8 Å². The van der Waals surface area contributed by atoms with Crippen molar-refractivity contribution in [1.82, 2.24) is 19.3 Å². The number of hydrogen-bond acceptors (Lipinski definition) is 7. The summed E-state index contributed by atoms with van der Waals surface area (Å²) >= 11 is 7.47. The van der Waals surface area contributed by atoms with Crippen molar-refractivity contribution in [3.8, 4) is 0 Å². The number of amides is 1. The maximum atomic E-state index is 13.0. The predicted molar refractivity (Wildman–Crippen MR) is 115 cm³/mol. The van der Waals surface area contributed by atoms with Crippen LogP contribution in [-0.4, -0.2) is 59.3 Å². The predicted octanol–water partition coefficient (Wildman–Crippen LogP) is 2.33. The summed E-state index contributed by atoms with van der Waals surface area (Å²) in [7, 11) is 0. The van der Waals surface area contributed by atoms with E-state index in [0.29, 0.717) is 20.8 Å². The molecule has 0 unspecified atom stereocenters. The summed E-state index contributed by atoms with van der Waals surface area (Å²) in [5.74, 6) is -2.96. The fraction of sp³-hybridized carbons (Fsp3) is 0.286. The number of imidazole rings is 1. The number of carboxylic acid groups (broad SMARTS) is 1. The second-order valence-electron chi connectivity index (χ2n) is 7.89. The summed E-state index contributed by atoms with van der Waals surface area (Å²) in [6, 6.07) is 2.83. The van der Waals surface area contributed by atoms with Crippen molar-refractivity contribution in [2.45, 2.75) is 26.0 Å². The molecule has 2 aliphatic rings. The molecule has 1 amide bonds. The zero-order chi connectivity index (χ0) is 22.9. The number of ketones is 1. The van der Waals surface area contributed by atoms with Crippen molar-refractivity contribution in [3.63, 3.8) is 0 Å². The Labute approximate surface area is 190 Å². The van der Waals surface area contributed by atoms with E-state index in [1.54, 1.807) is 24.5 Å². The standard InChI is InChI=1S/C21H17ClN4O5S/c1-8-12(16(20(30)31)26-15(8)13(9(2)27)18(26)29)11-7-25-19(32-11)14(24-21(25)22)17(28)10-4-3-5-23-6-10/h3-9,13,15,27H,1-2H3,(H,30,31)/t8-,9+,13+,15+/m0/s1. The minimum absolute atomic E-state index is 0.0686. The number of pyridine rings is 1. The summed E-state index contributed by atoms with van der Waals surface area (Å²) < 4.78 is 1.54. The SMILES string of the molecule is C[C@@H](O)[C@H]1C(=O)N2C(C(=O)O)=C(c3cn4c(Cl)nc(C(=O)c5cccnc5)c4s3)[C@H](C)[C@H]12. The van der Waals surface area contributed by atoms with Crippen LogP contribution < -0.4 is 0 Å². The van der Waals surface area contributed by atoms with Crippen molar-refractivity contribution in [2.24, 2.45) is 11.8 Å². The van der Waals surface area contributed by atoms with Gasteiger partial charge in [0.2, 0.25) is 17.0 Å². The topological polar surface area (TPSA) is 125 Å². The van der Waals surface area contributed by atoms with Gasteiger partial charge in [-0.2, -0.15) is 0 Å². The summed E-state index contributed by atoms with van der Waals surface area (Å²) in [4.78, 5) is 48.1. The second kappa shape index (κ2) is 7.22.